The number of nitrogens with zero attached hydrogens (tertiary/aromatic N) is 6. The Kier molecular flexibility index (Phi) is 2.38. The van der Waals surface area contributed by atoms with E-state index in [1.807, 2.05) is 6.08 Å². The van der Waals surface area contributed by atoms with Crippen LogP contribution in [0.5, 0.6) is 0 Å². The van der Waals surface area contributed by atoms with E-state index in [9.17, 15) is 9.59 Å². The minimum absolute atomic E-state index is 0.143. The van der Waals surface area contributed by atoms with Crippen molar-refractivity contribution < 1.29 is 9.59 Å². The lowest BCUT2D eigenvalue weighted by Gasteiger charge is -2.34. The van der Waals surface area contributed by atoms with E-state index in [1.165, 1.54) is 4.90 Å². The first-order chi connectivity index (χ1) is 11.7. The van der Waals surface area contributed by atoms with E-state index in [0.29, 0.717) is 30.8 Å². The molecule has 0 saturated carbocycles. The maximum atomic E-state index is 12.7. The lowest BCUT2D eigenvalue weighted by molar-refractivity contribution is 0.105. The molecular weight excluding hydrogens is 308 g/mol. The minimum Gasteiger partial charge on any atom is -0.319 e. The second kappa shape index (κ2) is 4.35. The number of fused-ring (bicyclic) bond motifs is 2. The van der Waals surface area contributed by atoms with Crippen molar-refractivity contribution in [2.75, 3.05) is 13.1 Å². The zero-order chi connectivity index (χ0) is 16.4. The molecule has 0 unspecified atom stereocenters. The Balaban J connectivity index is 1.59. The number of amides is 1. The molecule has 2 aromatic rings. The van der Waals surface area contributed by atoms with Crippen molar-refractivity contribution in [2.24, 2.45) is 5.92 Å². The highest BCUT2D eigenvalue weighted by atomic mass is 16.2. The number of hydrogen-bond donors (Lipinski definition) is 0. The second-order valence-corrected chi connectivity index (χ2v) is 6.03. The summed E-state index contributed by atoms with van der Waals surface area (Å²) < 4.78 is 0. The number of carbonyl (C=O) groups excluding carboxylic acids is 2. The lowest BCUT2D eigenvalue weighted by atomic mass is 9.89. The van der Waals surface area contributed by atoms with Crippen LogP contribution in [0.4, 0.5) is 4.79 Å². The van der Waals surface area contributed by atoms with Gasteiger partial charge in [0.2, 0.25) is 5.78 Å². The molecule has 1 aliphatic heterocycles. The standard InChI is InChI=1S/C16H10N6O2/c17-5-8-6-21(7-8)16(24)22-19-13-9-3-4-18-11-2-1-10(12(9)11)15(23)14(13)20-22/h1,3-4,8H,2,6-7H2. The van der Waals surface area contributed by atoms with Gasteiger partial charge in [-0.25, -0.2) is 4.79 Å². The fourth-order valence-corrected chi connectivity index (χ4v) is 3.36. The van der Waals surface area contributed by atoms with Gasteiger partial charge in [0.1, 0.15) is 5.69 Å². The van der Waals surface area contributed by atoms with Gasteiger partial charge >= 0.3 is 6.03 Å². The van der Waals surface area contributed by atoms with Gasteiger partial charge in [0.25, 0.3) is 0 Å². The molecular formula is C16H10N6O2. The summed E-state index contributed by atoms with van der Waals surface area (Å²) in [6.07, 6.45) is 4.15. The third kappa shape index (κ3) is 1.53. The SMILES string of the molecule is N#CC1CN(C(=O)n2nc3c(n2)-c2ccnc4c2C(=CC4)C3=O)C1. The van der Waals surface area contributed by atoms with Crippen molar-refractivity contribution >= 4 is 17.4 Å². The van der Waals surface area contributed by atoms with Crippen LogP contribution in [0.25, 0.3) is 16.8 Å². The molecule has 0 spiro atoms. The largest absolute Gasteiger partial charge is 0.362 e. The number of rotatable bonds is 0. The van der Waals surface area contributed by atoms with Crippen LogP contribution in [0.3, 0.4) is 0 Å². The summed E-state index contributed by atoms with van der Waals surface area (Å²) in [6, 6.07) is 3.49. The van der Waals surface area contributed by atoms with Gasteiger partial charge in [0, 0.05) is 42.4 Å². The number of pyridine rings is 1. The van der Waals surface area contributed by atoms with Crippen molar-refractivity contribution in [1.82, 2.24) is 24.9 Å². The van der Waals surface area contributed by atoms with Gasteiger partial charge in [-0.3, -0.25) is 9.78 Å². The quantitative estimate of drug-likeness (QED) is 0.714. The fraction of sp³-hybridized carbons (Fsp3) is 0.250. The fourth-order valence-electron chi connectivity index (χ4n) is 3.36. The van der Waals surface area contributed by atoms with Crippen LogP contribution in [-0.4, -0.2) is 49.8 Å². The Morgan fingerprint density at radius 1 is 1.29 bits per heavy atom. The first-order valence-corrected chi connectivity index (χ1v) is 7.57. The van der Waals surface area contributed by atoms with Gasteiger partial charge in [-0.1, -0.05) is 10.9 Å². The van der Waals surface area contributed by atoms with Crippen molar-refractivity contribution in [1.29, 1.82) is 5.26 Å². The van der Waals surface area contributed by atoms with E-state index in [2.05, 4.69) is 21.3 Å². The Morgan fingerprint density at radius 3 is 2.88 bits per heavy atom. The van der Waals surface area contributed by atoms with Crippen molar-refractivity contribution in [2.45, 2.75) is 6.42 Å². The van der Waals surface area contributed by atoms with Crippen LogP contribution in [0, 0.1) is 17.2 Å². The maximum absolute atomic E-state index is 12.7. The molecule has 8 nitrogen and oxygen atoms in total. The summed E-state index contributed by atoms with van der Waals surface area (Å²) in [5, 5.41) is 17.2. The Morgan fingerprint density at radius 2 is 2.08 bits per heavy atom. The summed E-state index contributed by atoms with van der Waals surface area (Å²) in [5.74, 6) is -0.364. The minimum atomic E-state index is -0.415. The lowest BCUT2D eigenvalue weighted by Crippen LogP contribution is -2.51. The van der Waals surface area contributed by atoms with Gasteiger partial charge in [0.15, 0.2) is 5.69 Å². The zero-order valence-corrected chi connectivity index (χ0v) is 12.4. The van der Waals surface area contributed by atoms with Gasteiger partial charge in [0.05, 0.1) is 17.7 Å². The molecule has 0 radical (unpaired) electrons. The molecule has 0 bridgehead atoms. The van der Waals surface area contributed by atoms with Crippen molar-refractivity contribution in [3.8, 4) is 17.3 Å². The molecule has 5 rings (SSSR count). The van der Waals surface area contributed by atoms with E-state index in [4.69, 9.17) is 5.26 Å². The Bertz CT molecular complexity index is 1010. The summed E-state index contributed by atoms with van der Waals surface area (Å²) in [7, 11) is 0. The molecule has 0 aromatic carbocycles. The molecule has 3 aliphatic rings. The van der Waals surface area contributed by atoms with Crippen molar-refractivity contribution in [3.05, 3.63) is 35.3 Å². The van der Waals surface area contributed by atoms with E-state index in [0.717, 1.165) is 21.6 Å². The van der Waals surface area contributed by atoms with E-state index in [1.54, 1.807) is 12.3 Å². The molecule has 2 aromatic heterocycles. The molecule has 1 saturated heterocycles. The average molecular weight is 318 g/mol. The van der Waals surface area contributed by atoms with E-state index in [-0.39, 0.29) is 17.4 Å². The third-order valence-corrected chi connectivity index (χ3v) is 4.63. The molecule has 2 aliphatic carbocycles. The van der Waals surface area contributed by atoms with Gasteiger partial charge in [-0.15, -0.1) is 10.2 Å². The molecule has 1 amide bonds. The van der Waals surface area contributed by atoms with Crippen molar-refractivity contribution in [3.63, 3.8) is 0 Å². The van der Waals surface area contributed by atoms with Crippen LogP contribution in [-0.2, 0) is 6.42 Å². The van der Waals surface area contributed by atoms with Gasteiger partial charge in [-0.05, 0) is 6.07 Å². The molecule has 8 heteroatoms. The van der Waals surface area contributed by atoms with Crippen LogP contribution in [0.15, 0.2) is 18.3 Å². The molecule has 116 valence electrons. The smallest absolute Gasteiger partial charge is 0.319 e. The number of carbonyl (C=O) groups is 2. The predicted octanol–water partition coefficient (Wildman–Crippen LogP) is 0.899. The van der Waals surface area contributed by atoms with Crippen LogP contribution in [0.2, 0.25) is 0 Å². The van der Waals surface area contributed by atoms with Crippen LogP contribution >= 0.6 is 0 Å². The van der Waals surface area contributed by atoms with E-state index < -0.39 is 6.03 Å². The average Bonchev–Trinajstić information content (AvgIpc) is 3.17. The number of hydrogen-bond acceptors (Lipinski definition) is 6. The predicted molar refractivity (Wildman–Crippen MR) is 80.7 cm³/mol. The first-order valence-electron chi connectivity index (χ1n) is 7.57. The number of allylic oxidation sites excluding steroid dienone is 2. The Hall–Kier alpha value is -3.34. The van der Waals surface area contributed by atoms with Gasteiger partial charge in [-0.2, -0.15) is 5.26 Å². The molecule has 1 fully saturated rings. The Labute approximate surface area is 136 Å². The summed E-state index contributed by atoms with van der Waals surface area (Å²) in [5.41, 5.74) is 3.65. The molecule has 0 N–H and O–H groups in total. The zero-order valence-electron chi connectivity index (χ0n) is 12.4. The van der Waals surface area contributed by atoms with E-state index >= 15 is 0 Å². The highest BCUT2D eigenvalue weighted by molar-refractivity contribution is 6.34. The summed E-state index contributed by atoms with van der Waals surface area (Å²) in [6.45, 7) is 0.733. The van der Waals surface area contributed by atoms with Crippen LogP contribution < -0.4 is 0 Å². The molecule has 24 heavy (non-hydrogen) atoms. The number of aromatic nitrogens is 4. The maximum Gasteiger partial charge on any atom is 0.362 e. The number of likely N-dealkylation sites (tertiary alicyclic amines) is 1. The topological polar surface area (TPSA) is 105 Å². The molecule has 3 heterocycles. The third-order valence-electron chi connectivity index (χ3n) is 4.63. The number of nitriles is 1. The highest BCUT2D eigenvalue weighted by Gasteiger charge is 2.38. The normalized spacial score (nSPS) is 17.7. The van der Waals surface area contributed by atoms with Crippen LogP contribution in [0.1, 0.15) is 21.7 Å². The second-order valence-electron chi connectivity index (χ2n) is 6.03. The molecule has 0 atom stereocenters. The monoisotopic (exact) mass is 318 g/mol. The van der Waals surface area contributed by atoms with Gasteiger partial charge < -0.3 is 4.90 Å². The summed E-state index contributed by atoms with van der Waals surface area (Å²) in [4.78, 5) is 31.8. The highest BCUT2D eigenvalue weighted by Crippen LogP contribution is 2.41. The summed E-state index contributed by atoms with van der Waals surface area (Å²) >= 11 is 0. The first kappa shape index (κ1) is 13.1. The number of Topliss-reactive ketones (excluding diaryl/α,β-unsaturated/α-hetero) is 1. The number of ketones is 1.